The lowest BCUT2D eigenvalue weighted by molar-refractivity contribution is -0.122. The van der Waals surface area contributed by atoms with Gasteiger partial charge >= 0.3 is 0 Å². The number of hydrogen-bond donors (Lipinski definition) is 2. The maximum absolute atomic E-state index is 12.0. The quantitative estimate of drug-likeness (QED) is 0.888. The first-order valence-electron chi connectivity index (χ1n) is 6.08. The first-order valence-corrected chi connectivity index (χ1v) is 7.28. The molecule has 2 aromatic rings. The number of benzene rings is 1. The second-order valence-corrected chi connectivity index (χ2v) is 5.76. The van der Waals surface area contributed by atoms with Crippen molar-refractivity contribution in [1.82, 2.24) is 5.32 Å². The lowest BCUT2D eigenvalue weighted by Gasteiger charge is -2.08. The van der Waals surface area contributed by atoms with Gasteiger partial charge in [-0.1, -0.05) is 17.7 Å². The fourth-order valence-corrected chi connectivity index (χ4v) is 2.45. The summed E-state index contributed by atoms with van der Waals surface area (Å²) >= 11 is 7.00. The van der Waals surface area contributed by atoms with E-state index in [1.165, 1.54) is 18.4 Å². The molecule has 0 radical (unpaired) electrons. The van der Waals surface area contributed by atoms with E-state index in [-0.39, 0.29) is 18.4 Å². The van der Waals surface area contributed by atoms with Crippen molar-refractivity contribution in [2.24, 2.45) is 0 Å². The Hall–Kier alpha value is -2.05. The summed E-state index contributed by atoms with van der Waals surface area (Å²) in [4.78, 5) is 23.6. The Kier molecular flexibility index (Phi) is 5.19. The van der Waals surface area contributed by atoms with Crippen LogP contribution in [0.5, 0.6) is 5.75 Å². The van der Waals surface area contributed by atoms with Crippen molar-refractivity contribution in [3.8, 4) is 5.75 Å². The lowest BCUT2D eigenvalue weighted by atomic mass is 10.3. The molecule has 0 fully saturated rings. The van der Waals surface area contributed by atoms with Crippen molar-refractivity contribution < 1.29 is 14.3 Å². The van der Waals surface area contributed by atoms with Gasteiger partial charge in [-0.15, -0.1) is 11.3 Å². The molecule has 1 heterocycles. The van der Waals surface area contributed by atoms with Crippen LogP contribution in [-0.2, 0) is 4.79 Å². The summed E-state index contributed by atoms with van der Waals surface area (Å²) in [6.45, 7) is -0.0750. The minimum atomic E-state index is -0.240. The first kappa shape index (κ1) is 15.3. The summed E-state index contributed by atoms with van der Waals surface area (Å²) in [6.07, 6.45) is 0. The van der Waals surface area contributed by atoms with Gasteiger partial charge in [0.2, 0.25) is 0 Å². The van der Waals surface area contributed by atoms with Gasteiger partial charge in [0.15, 0.2) is 6.61 Å². The highest BCUT2D eigenvalue weighted by atomic mass is 35.5. The number of hydrogen-bond acceptors (Lipinski definition) is 4. The molecular weight excluding hydrogens is 312 g/mol. The summed E-state index contributed by atoms with van der Waals surface area (Å²) < 4.78 is 5.87. The molecule has 0 bridgehead atoms. The number of thiophene rings is 1. The van der Waals surface area contributed by atoms with E-state index in [1.54, 1.807) is 36.4 Å². The fraction of sp³-hybridized carbons (Fsp3) is 0.143. The molecule has 0 aliphatic heterocycles. The van der Waals surface area contributed by atoms with Crippen molar-refractivity contribution in [3.05, 3.63) is 45.6 Å². The van der Waals surface area contributed by atoms with E-state index in [0.717, 1.165) is 0 Å². The van der Waals surface area contributed by atoms with Crippen LogP contribution in [0.15, 0.2) is 36.4 Å². The van der Waals surface area contributed by atoms with Crippen molar-refractivity contribution in [1.29, 1.82) is 0 Å². The smallest absolute Gasteiger partial charge is 0.265 e. The van der Waals surface area contributed by atoms with E-state index in [0.29, 0.717) is 20.7 Å². The Labute approximate surface area is 130 Å². The van der Waals surface area contributed by atoms with E-state index in [4.69, 9.17) is 16.3 Å². The first-order chi connectivity index (χ1) is 10.1. The highest BCUT2D eigenvalue weighted by Crippen LogP contribution is 2.23. The van der Waals surface area contributed by atoms with Crippen molar-refractivity contribution in [2.75, 3.05) is 19.0 Å². The van der Waals surface area contributed by atoms with Crippen molar-refractivity contribution in [2.45, 2.75) is 0 Å². The number of ether oxygens (including phenoxy) is 1. The van der Waals surface area contributed by atoms with Crippen LogP contribution in [0.2, 0.25) is 4.34 Å². The number of carbonyl (C=O) groups excluding carboxylic acids is 2. The number of amides is 2. The van der Waals surface area contributed by atoms with Gasteiger partial charge in [0.25, 0.3) is 11.8 Å². The molecular formula is C14H13ClN2O3S. The highest BCUT2D eigenvalue weighted by Gasteiger charge is 2.09. The van der Waals surface area contributed by atoms with E-state index in [1.807, 2.05) is 0 Å². The van der Waals surface area contributed by atoms with Gasteiger partial charge in [0.1, 0.15) is 5.75 Å². The summed E-state index contributed by atoms with van der Waals surface area (Å²) in [7, 11) is 1.54. The normalized spacial score (nSPS) is 10.0. The zero-order chi connectivity index (χ0) is 15.2. The molecule has 0 spiro atoms. The van der Waals surface area contributed by atoms with Gasteiger partial charge in [-0.05, 0) is 24.3 Å². The van der Waals surface area contributed by atoms with Crippen LogP contribution in [0.3, 0.4) is 0 Å². The number of likely N-dealkylation sites (N-methyl/N-ethyl adjacent to an activating group) is 1. The predicted octanol–water partition coefficient (Wildman–Crippen LogP) is 2.78. The minimum Gasteiger partial charge on any atom is -0.484 e. The molecule has 0 saturated heterocycles. The third kappa shape index (κ3) is 4.47. The van der Waals surface area contributed by atoms with E-state index >= 15 is 0 Å². The van der Waals surface area contributed by atoms with E-state index < -0.39 is 0 Å². The van der Waals surface area contributed by atoms with Crippen LogP contribution >= 0.6 is 22.9 Å². The second kappa shape index (κ2) is 7.10. The zero-order valence-corrected chi connectivity index (χ0v) is 12.8. The fourth-order valence-electron chi connectivity index (χ4n) is 1.51. The molecule has 0 aliphatic carbocycles. The Morgan fingerprint density at radius 3 is 2.76 bits per heavy atom. The Balaban J connectivity index is 2.00. The molecule has 21 heavy (non-hydrogen) atoms. The summed E-state index contributed by atoms with van der Waals surface area (Å²) in [5, 5.41) is 5.21. The standard InChI is InChI=1S/C14H13ClN2O3S/c1-16-13(18)8-20-10-4-2-3-9(7-10)17-14(19)11-5-6-12(15)21-11/h2-7H,8H2,1H3,(H,16,18)(H,17,19). The van der Waals surface area contributed by atoms with Gasteiger partial charge in [-0.3, -0.25) is 9.59 Å². The minimum absolute atomic E-state index is 0.0750. The Morgan fingerprint density at radius 2 is 2.10 bits per heavy atom. The molecule has 0 unspecified atom stereocenters. The second-order valence-electron chi connectivity index (χ2n) is 4.05. The van der Waals surface area contributed by atoms with Crippen LogP contribution < -0.4 is 15.4 Å². The molecule has 7 heteroatoms. The lowest BCUT2D eigenvalue weighted by Crippen LogP contribution is -2.24. The van der Waals surface area contributed by atoms with Gasteiger partial charge in [0, 0.05) is 18.8 Å². The van der Waals surface area contributed by atoms with Gasteiger partial charge in [-0.2, -0.15) is 0 Å². The van der Waals surface area contributed by atoms with Gasteiger partial charge < -0.3 is 15.4 Å². The van der Waals surface area contributed by atoms with Crippen LogP contribution in [0.1, 0.15) is 9.67 Å². The Morgan fingerprint density at radius 1 is 1.29 bits per heavy atom. The van der Waals surface area contributed by atoms with Crippen LogP contribution in [-0.4, -0.2) is 25.5 Å². The van der Waals surface area contributed by atoms with Crippen molar-refractivity contribution >= 4 is 40.4 Å². The Bertz CT molecular complexity index is 657. The molecule has 0 aliphatic rings. The number of anilines is 1. The van der Waals surface area contributed by atoms with Gasteiger partial charge in [0.05, 0.1) is 9.21 Å². The third-order valence-corrected chi connectivity index (χ3v) is 3.77. The van der Waals surface area contributed by atoms with Gasteiger partial charge in [-0.25, -0.2) is 0 Å². The number of nitrogens with one attached hydrogen (secondary N) is 2. The predicted molar refractivity (Wildman–Crippen MR) is 83.3 cm³/mol. The summed E-state index contributed by atoms with van der Waals surface area (Å²) in [6, 6.07) is 10.2. The van der Waals surface area contributed by atoms with Crippen molar-refractivity contribution in [3.63, 3.8) is 0 Å². The number of halogens is 1. The molecule has 1 aromatic carbocycles. The SMILES string of the molecule is CNC(=O)COc1cccc(NC(=O)c2ccc(Cl)s2)c1. The van der Waals surface area contributed by atoms with E-state index in [9.17, 15) is 9.59 Å². The maximum Gasteiger partial charge on any atom is 0.265 e. The summed E-state index contributed by atoms with van der Waals surface area (Å²) in [5.74, 6) is 0.0358. The average molecular weight is 325 g/mol. The average Bonchev–Trinajstić information content (AvgIpc) is 2.92. The molecule has 110 valence electrons. The molecule has 0 saturated carbocycles. The maximum atomic E-state index is 12.0. The van der Waals surface area contributed by atoms with Crippen LogP contribution in [0, 0.1) is 0 Å². The third-order valence-electron chi connectivity index (χ3n) is 2.54. The molecule has 1 aromatic heterocycles. The van der Waals surface area contributed by atoms with Crippen LogP contribution in [0.4, 0.5) is 5.69 Å². The van der Waals surface area contributed by atoms with E-state index in [2.05, 4.69) is 10.6 Å². The molecule has 5 nitrogen and oxygen atoms in total. The molecule has 2 rings (SSSR count). The van der Waals surface area contributed by atoms with Crippen LogP contribution in [0.25, 0.3) is 0 Å². The highest BCUT2D eigenvalue weighted by molar-refractivity contribution is 7.18. The number of rotatable bonds is 5. The summed E-state index contributed by atoms with van der Waals surface area (Å²) in [5.41, 5.74) is 0.582. The molecule has 2 N–H and O–H groups in total. The molecule has 2 amide bonds. The number of carbonyl (C=O) groups is 2. The largest absolute Gasteiger partial charge is 0.484 e. The monoisotopic (exact) mass is 324 g/mol. The molecule has 0 atom stereocenters. The zero-order valence-electron chi connectivity index (χ0n) is 11.2. The topological polar surface area (TPSA) is 67.4 Å².